The molecule has 0 unspecified atom stereocenters. The predicted octanol–water partition coefficient (Wildman–Crippen LogP) is 3.04. The van der Waals surface area contributed by atoms with E-state index in [1.54, 1.807) is 6.20 Å². The summed E-state index contributed by atoms with van der Waals surface area (Å²) in [6.07, 6.45) is 5.00. The Morgan fingerprint density at radius 2 is 1.95 bits per heavy atom. The SMILES string of the molecule is O=C(O)C1(Nc2ccnc3ccccc23)CCCC1. The largest absolute Gasteiger partial charge is 0.480 e. The number of aromatic nitrogens is 1. The van der Waals surface area contributed by atoms with Crippen LogP contribution in [0.3, 0.4) is 0 Å². The number of anilines is 1. The lowest BCUT2D eigenvalue weighted by molar-refractivity contribution is -0.142. The molecule has 3 rings (SSSR count). The van der Waals surface area contributed by atoms with Gasteiger partial charge in [-0.1, -0.05) is 31.0 Å². The van der Waals surface area contributed by atoms with Crippen LogP contribution in [0.1, 0.15) is 25.7 Å². The molecule has 2 aromatic rings. The highest BCUT2D eigenvalue weighted by atomic mass is 16.4. The van der Waals surface area contributed by atoms with Crippen molar-refractivity contribution in [2.75, 3.05) is 5.32 Å². The van der Waals surface area contributed by atoms with E-state index in [1.165, 1.54) is 0 Å². The van der Waals surface area contributed by atoms with Crippen molar-refractivity contribution < 1.29 is 9.90 Å². The van der Waals surface area contributed by atoms with Crippen molar-refractivity contribution in [2.45, 2.75) is 31.2 Å². The molecule has 4 heteroatoms. The zero-order valence-corrected chi connectivity index (χ0v) is 10.6. The summed E-state index contributed by atoms with van der Waals surface area (Å²) in [6, 6.07) is 9.63. The molecule has 0 bridgehead atoms. The molecule has 1 aliphatic rings. The van der Waals surface area contributed by atoms with E-state index in [0.717, 1.165) is 29.4 Å². The van der Waals surface area contributed by atoms with Gasteiger partial charge in [0.15, 0.2) is 0 Å². The third kappa shape index (κ3) is 2.03. The van der Waals surface area contributed by atoms with Gasteiger partial charge in [0.1, 0.15) is 5.54 Å². The molecule has 0 radical (unpaired) electrons. The minimum Gasteiger partial charge on any atom is -0.480 e. The van der Waals surface area contributed by atoms with Crippen LogP contribution in [-0.2, 0) is 4.79 Å². The monoisotopic (exact) mass is 256 g/mol. The van der Waals surface area contributed by atoms with Gasteiger partial charge in [0, 0.05) is 17.3 Å². The zero-order chi connectivity index (χ0) is 13.3. The van der Waals surface area contributed by atoms with Gasteiger partial charge >= 0.3 is 5.97 Å². The van der Waals surface area contributed by atoms with Gasteiger partial charge < -0.3 is 10.4 Å². The van der Waals surface area contributed by atoms with Crippen LogP contribution in [0, 0.1) is 0 Å². The first-order valence-corrected chi connectivity index (χ1v) is 6.57. The maximum atomic E-state index is 11.6. The Bertz CT molecular complexity index is 613. The maximum Gasteiger partial charge on any atom is 0.329 e. The standard InChI is InChI=1S/C15H16N2O2/c18-14(19)15(8-3-4-9-15)17-13-7-10-16-12-6-2-1-5-11(12)13/h1-2,5-7,10H,3-4,8-9H2,(H,16,17)(H,18,19). The molecule has 1 saturated carbocycles. The van der Waals surface area contributed by atoms with Crippen molar-refractivity contribution in [3.05, 3.63) is 36.5 Å². The number of carboxylic acids is 1. The fourth-order valence-electron chi connectivity index (χ4n) is 2.83. The third-order valence-corrected chi connectivity index (χ3v) is 3.89. The van der Waals surface area contributed by atoms with Gasteiger partial charge in [0.25, 0.3) is 0 Å². The van der Waals surface area contributed by atoms with Crippen LogP contribution in [0.4, 0.5) is 5.69 Å². The molecule has 1 aliphatic carbocycles. The van der Waals surface area contributed by atoms with Crippen LogP contribution in [0.25, 0.3) is 10.9 Å². The minimum absolute atomic E-state index is 0.680. The second kappa shape index (κ2) is 4.53. The summed E-state index contributed by atoms with van der Waals surface area (Å²) < 4.78 is 0. The van der Waals surface area contributed by atoms with Crippen LogP contribution >= 0.6 is 0 Å². The van der Waals surface area contributed by atoms with Crippen LogP contribution in [0.15, 0.2) is 36.5 Å². The van der Waals surface area contributed by atoms with Gasteiger partial charge in [-0.3, -0.25) is 4.98 Å². The van der Waals surface area contributed by atoms with Crippen molar-refractivity contribution in [3.8, 4) is 0 Å². The van der Waals surface area contributed by atoms with E-state index in [1.807, 2.05) is 30.3 Å². The Kier molecular flexibility index (Phi) is 2.85. The zero-order valence-electron chi connectivity index (χ0n) is 10.6. The first-order valence-electron chi connectivity index (χ1n) is 6.57. The number of carboxylic acid groups (broad SMARTS) is 1. The number of fused-ring (bicyclic) bond motifs is 1. The molecule has 0 spiro atoms. The molecule has 4 nitrogen and oxygen atoms in total. The summed E-state index contributed by atoms with van der Waals surface area (Å²) in [5.74, 6) is -0.758. The molecule has 1 aromatic heterocycles. The molecule has 0 saturated heterocycles. The lowest BCUT2D eigenvalue weighted by atomic mass is 9.97. The van der Waals surface area contributed by atoms with Gasteiger partial charge in [0.2, 0.25) is 0 Å². The van der Waals surface area contributed by atoms with E-state index in [-0.39, 0.29) is 0 Å². The number of nitrogens with zero attached hydrogens (tertiary/aromatic N) is 1. The highest BCUT2D eigenvalue weighted by Crippen LogP contribution is 2.35. The van der Waals surface area contributed by atoms with E-state index in [0.29, 0.717) is 12.8 Å². The van der Waals surface area contributed by atoms with Crippen LogP contribution in [0.5, 0.6) is 0 Å². The minimum atomic E-state index is -0.815. The number of hydrogen-bond acceptors (Lipinski definition) is 3. The lowest BCUT2D eigenvalue weighted by Gasteiger charge is -2.27. The summed E-state index contributed by atoms with van der Waals surface area (Å²) >= 11 is 0. The third-order valence-electron chi connectivity index (χ3n) is 3.89. The molecule has 1 fully saturated rings. The van der Waals surface area contributed by atoms with Gasteiger partial charge in [0.05, 0.1) is 5.52 Å². The molecule has 1 aromatic carbocycles. The Labute approximate surface area is 111 Å². The Balaban J connectivity index is 2.03. The number of benzene rings is 1. The van der Waals surface area contributed by atoms with Crippen molar-refractivity contribution >= 4 is 22.6 Å². The number of para-hydroxylation sites is 1. The number of aliphatic carboxylic acids is 1. The molecular formula is C15H16N2O2. The number of hydrogen-bond donors (Lipinski definition) is 2. The van der Waals surface area contributed by atoms with E-state index in [2.05, 4.69) is 10.3 Å². The number of rotatable bonds is 3. The summed E-state index contributed by atoms with van der Waals surface area (Å²) in [5.41, 5.74) is 0.922. The van der Waals surface area contributed by atoms with Crippen LogP contribution < -0.4 is 5.32 Å². The van der Waals surface area contributed by atoms with Crippen LogP contribution in [0.2, 0.25) is 0 Å². The smallest absolute Gasteiger partial charge is 0.329 e. The van der Waals surface area contributed by atoms with Crippen molar-refractivity contribution in [1.29, 1.82) is 0 Å². The Hall–Kier alpha value is -2.10. The second-order valence-corrected chi connectivity index (χ2v) is 5.10. The molecule has 0 atom stereocenters. The topological polar surface area (TPSA) is 62.2 Å². The number of nitrogens with one attached hydrogen (secondary N) is 1. The lowest BCUT2D eigenvalue weighted by Crippen LogP contribution is -2.43. The van der Waals surface area contributed by atoms with Gasteiger partial charge in [-0.2, -0.15) is 0 Å². The average Bonchev–Trinajstić information content (AvgIpc) is 2.89. The first-order chi connectivity index (χ1) is 9.21. The molecule has 19 heavy (non-hydrogen) atoms. The maximum absolute atomic E-state index is 11.6. The van der Waals surface area contributed by atoms with Crippen molar-refractivity contribution in [2.24, 2.45) is 0 Å². The second-order valence-electron chi connectivity index (χ2n) is 5.10. The van der Waals surface area contributed by atoms with Gasteiger partial charge in [-0.05, 0) is 25.0 Å². The summed E-state index contributed by atoms with van der Waals surface area (Å²) in [4.78, 5) is 15.9. The van der Waals surface area contributed by atoms with Gasteiger partial charge in [-0.25, -0.2) is 4.79 Å². The first kappa shape index (κ1) is 12.0. The summed E-state index contributed by atoms with van der Waals surface area (Å²) in [7, 11) is 0. The van der Waals surface area contributed by atoms with Gasteiger partial charge in [-0.15, -0.1) is 0 Å². The highest BCUT2D eigenvalue weighted by Gasteiger charge is 2.41. The summed E-state index contributed by atoms with van der Waals surface area (Å²) in [6.45, 7) is 0. The van der Waals surface area contributed by atoms with E-state index >= 15 is 0 Å². The molecular weight excluding hydrogens is 240 g/mol. The molecule has 0 amide bonds. The van der Waals surface area contributed by atoms with Crippen molar-refractivity contribution in [3.63, 3.8) is 0 Å². The van der Waals surface area contributed by atoms with E-state index < -0.39 is 11.5 Å². The molecule has 1 heterocycles. The average molecular weight is 256 g/mol. The fourth-order valence-corrected chi connectivity index (χ4v) is 2.83. The normalized spacial score (nSPS) is 17.5. The number of carbonyl (C=O) groups is 1. The highest BCUT2D eigenvalue weighted by molar-refractivity contribution is 5.94. The quantitative estimate of drug-likeness (QED) is 0.886. The molecule has 2 N–H and O–H groups in total. The van der Waals surface area contributed by atoms with Crippen LogP contribution in [-0.4, -0.2) is 21.6 Å². The summed E-state index contributed by atoms with van der Waals surface area (Å²) in [5, 5.41) is 13.7. The predicted molar refractivity (Wildman–Crippen MR) is 74.2 cm³/mol. The van der Waals surface area contributed by atoms with Crippen molar-refractivity contribution in [1.82, 2.24) is 4.98 Å². The van der Waals surface area contributed by atoms with E-state index in [9.17, 15) is 9.90 Å². The van der Waals surface area contributed by atoms with E-state index in [4.69, 9.17) is 0 Å². The molecule has 98 valence electrons. The molecule has 0 aliphatic heterocycles. The fraction of sp³-hybridized carbons (Fsp3) is 0.333. The Morgan fingerprint density at radius 1 is 1.21 bits per heavy atom. The Morgan fingerprint density at radius 3 is 2.68 bits per heavy atom. The number of pyridine rings is 1.